The quantitative estimate of drug-likeness (QED) is 0.804. The Bertz CT molecular complexity index is 688. The molecule has 0 atom stereocenters. The lowest BCUT2D eigenvalue weighted by Crippen LogP contribution is -2.22. The first-order valence-corrected chi connectivity index (χ1v) is 9.19. The Morgan fingerprint density at radius 3 is 2.87 bits per heavy atom. The van der Waals surface area contributed by atoms with Crippen LogP contribution in [0.3, 0.4) is 0 Å². The average Bonchev–Trinajstić information content (AvgIpc) is 3.49. The number of hydrogen-bond acceptors (Lipinski definition) is 6. The van der Waals surface area contributed by atoms with Crippen molar-refractivity contribution in [3.8, 4) is 0 Å². The highest BCUT2D eigenvalue weighted by Crippen LogP contribution is 2.41. The largest absolute Gasteiger partial charge is 0.350 e. The fraction of sp³-hybridized carbons (Fsp3) is 0.625. The minimum atomic E-state index is 0.0490. The number of thiazole rings is 1. The molecule has 4 rings (SSSR count). The van der Waals surface area contributed by atoms with Crippen LogP contribution in [0.2, 0.25) is 0 Å². The molecule has 1 amide bonds. The second-order valence-electron chi connectivity index (χ2n) is 6.40. The van der Waals surface area contributed by atoms with Crippen molar-refractivity contribution in [1.82, 2.24) is 20.4 Å². The van der Waals surface area contributed by atoms with Crippen LogP contribution in [0, 0.1) is 0 Å². The topological polar surface area (TPSA) is 80.9 Å². The predicted octanol–water partition coefficient (Wildman–Crippen LogP) is 2.92. The van der Waals surface area contributed by atoms with Crippen LogP contribution in [0.25, 0.3) is 0 Å². The number of carbonyl (C=O) groups is 1. The lowest BCUT2D eigenvalue weighted by atomic mass is 10.2. The summed E-state index contributed by atoms with van der Waals surface area (Å²) in [5, 5.41) is 10.2. The van der Waals surface area contributed by atoms with Crippen molar-refractivity contribution in [2.75, 3.05) is 0 Å². The van der Waals surface area contributed by atoms with E-state index in [1.165, 1.54) is 30.7 Å². The van der Waals surface area contributed by atoms with Crippen molar-refractivity contribution >= 4 is 17.2 Å². The van der Waals surface area contributed by atoms with Crippen molar-refractivity contribution in [3.05, 3.63) is 27.8 Å². The highest BCUT2D eigenvalue weighted by molar-refractivity contribution is 7.09. The first-order valence-electron chi connectivity index (χ1n) is 8.31. The van der Waals surface area contributed by atoms with Crippen LogP contribution < -0.4 is 5.32 Å². The van der Waals surface area contributed by atoms with Crippen LogP contribution in [0.5, 0.6) is 0 Å². The van der Waals surface area contributed by atoms with Gasteiger partial charge in [-0.15, -0.1) is 11.3 Å². The van der Waals surface area contributed by atoms with Crippen LogP contribution in [-0.2, 0) is 17.8 Å². The second kappa shape index (κ2) is 6.39. The van der Waals surface area contributed by atoms with Gasteiger partial charge in [0, 0.05) is 30.1 Å². The van der Waals surface area contributed by atoms with Crippen LogP contribution in [0.4, 0.5) is 0 Å². The zero-order valence-corrected chi connectivity index (χ0v) is 13.8. The number of aryl methyl sites for hydroxylation is 1. The van der Waals surface area contributed by atoms with Gasteiger partial charge >= 0.3 is 0 Å². The molecule has 1 N–H and O–H groups in total. The highest BCUT2D eigenvalue weighted by Gasteiger charge is 2.28. The summed E-state index contributed by atoms with van der Waals surface area (Å²) in [6.07, 6.45) is 6.72. The molecule has 0 bridgehead atoms. The van der Waals surface area contributed by atoms with Crippen molar-refractivity contribution in [2.24, 2.45) is 0 Å². The smallest absolute Gasteiger partial charge is 0.226 e. The van der Waals surface area contributed by atoms with Gasteiger partial charge in [0.25, 0.3) is 0 Å². The van der Waals surface area contributed by atoms with E-state index in [4.69, 9.17) is 4.52 Å². The molecule has 2 fully saturated rings. The van der Waals surface area contributed by atoms with Crippen molar-refractivity contribution in [3.63, 3.8) is 0 Å². The van der Waals surface area contributed by atoms with Gasteiger partial charge in [0.1, 0.15) is 0 Å². The molecule has 0 unspecified atom stereocenters. The fourth-order valence-electron chi connectivity index (χ4n) is 2.48. The van der Waals surface area contributed by atoms with Gasteiger partial charge in [0.05, 0.1) is 17.2 Å². The molecular formula is C16H20N4O2S. The Balaban J connectivity index is 1.16. The number of hydrogen-bond donors (Lipinski definition) is 1. The molecule has 0 spiro atoms. The zero-order chi connectivity index (χ0) is 15.6. The summed E-state index contributed by atoms with van der Waals surface area (Å²) in [7, 11) is 0. The van der Waals surface area contributed by atoms with E-state index < -0.39 is 0 Å². The molecule has 2 heterocycles. The van der Waals surface area contributed by atoms with Gasteiger partial charge in [0.2, 0.25) is 11.8 Å². The van der Waals surface area contributed by atoms with E-state index in [0.717, 1.165) is 17.9 Å². The maximum atomic E-state index is 11.9. The summed E-state index contributed by atoms with van der Waals surface area (Å²) < 4.78 is 5.21. The summed E-state index contributed by atoms with van der Waals surface area (Å²) in [6.45, 7) is 0.522. The molecule has 2 saturated carbocycles. The van der Waals surface area contributed by atoms with E-state index in [1.807, 2.05) is 5.38 Å². The second-order valence-corrected chi connectivity index (χ2v) is 7.29. The molecule has 122 valence electrons. The minimum absolute atomic E-state index is 0.0490. The molecule has 2 aliphatic rings. The van der Waals surface area contributed by atoms with E-state index in [9.17, 15) is 4.79 Å². The molecule has 6 nitrogen and oxygen atoms in total. The Labute approximate surface area is 138 Å². The number of aromatic nitrogens is 3. The third kappa shape index (κ3) is 3.96. The van der Waals surface area contributed by atoms with Gasteiger partial charge in [-0.05, 0) is 32.1 Å². The van der Waals surface area contributed by atoms with E-state index in [0.29, 0.717) is 37.1 Å². The predicted molar refractivity (Wildman–Crippen MR) is 85.1 cm³/mol. The van der Waals surface area contributed by atoms with E-state index in [1.54, 1.807) is 11.3 Å². The van der Waals surface area contributed by atoms with Crippen molar-refractivity contribution in [1.29, 1.82) is 0 Å². The minimum Gasteiger partial charge on any atom is -0.350 e. The van der Waals surface area contributed by atoms with E-state index in [2.05, 4.69) is 20.4 Å². The van der Waals surface area contributed by atoms with Gasteiger partial charge in [-0.2, -0.15) is 4.98 Å². The molecule has 0 saturated heterocycles. The monoisotopic (exact) mass is 332 g/mol. The van der Waals surface area contributed by atoms with E-state index >= 15 is 0 Å². The lowest BCUT2D eigenvalue weighted by molar-refractivity contribution is -0.121. The lowest BCUT2D eigenvalue weighted by Gasteiger charge is -2.02. The molecule has 0 radical (unpaired) electrons. The van der Waals surface area contributed by atoms with Crippen LogP contribution in [-0.4, -0.2) is 21.0 Å². The summed E-state index contributed by atoms with van der Waals surface area (Å²) in [6, 6.07) is 0. The number of nitrogens with zero attached hydrogens (tertiary/aromatic N) is 3. The zero-order valence-electron chi connectivity index (χ0n) is 13.0. The molecule has 2 aromatic rings. The summed E-state index contributed by atoms with van der Waals surface area (Å²) in [5.41, 5.74) is 0.969. The fourth-order valence-corrected chi connectivity index (χ4v) is 3.47. The summed E-state index contributed by atoms with van der Waals surface area (Å²) in [4.78, 5) is 20.8. The van der Waals surface area contributed by atoms with Gasteiger partial charge in [-0.25, -0.2) is 4.98 Å². The molecule has 2 aromatic heterocycles. The highest BCUT2D eigenvalue weighted by atomic mass is 32.1. The molecular weight excluding hydrogens is 312 g/mol. The average molecular weight is 332 g/mol. The maximum absolute atomic E-state index is 11.9. The molecule has 0 aliphatic heterocycles. The van der Waals surface area contributed by atoms with Crippen molar-refractivity contribution < 1.29 is 9.32 Å². The Hall–Kier alpha value is -1.76. The van der Waals surface area contributed by atoms with Gasteiger partial charge < -0.3 is 9.84 Å². The molecule has 7 heteroatoms. The van der Waals surface area contributed by atoms with Crippen molar-refractivity contribution in [2.45, 2.75) is 63.3 Å². The van der Waals surface area contributed by atoms with Gasteiger partial charge in [0.15, 0.2) is 5.82 Å². The maximum Gasteiger partial charge on any atom is 0.226 e. The number of amides is 1. The summed E-state index contributed by atoms with van der Waals surface area (Å²) in [5.74, 6) is 2.72. The summed E-state index contributed by atoms with van der Waals surface area (Å²) >= 11 is 1.71. The molecule has 23 heavy (non-hydrogen) atoms. The Kier molecular flexibility index (Phi) is 4.11. The number of rotatable bonds is 8. The van der Waals surface area contributed by atoms with E-state index in [-0.39, 0.29) is 5.91 Å². The SMILES string of the molecule is O=C(CCCc1nc(C2CC2)no1)NCc1csc(C2CC2)n1. The Morgan fingerprint density at radius 2 is 2.09 bits per heavy atom. The van der Waals surface area contributed by atoms with Gasteiger partial charge in [-0.1, -0.05) is 5.16 Å². The first kappa shape index (κ1) is 14.8. The third-order valence-electron chi connectivity index (χ3n) is 4.18. The number of nitrogens with one attached hydrogen (secondary N) is 1. The van der Waals surface area contributed by atoms with Crippen LogP contribution in [0.1, 0.15) is 72.8 Å². The Morgan fingerprint density at radius 1 is 1.26 bits per heavy atom. The molecule has 0 aromatic carbocycles. The molecule has 2 aliphatic carbocycles. The number of carbonyl (C=O) groups excluding carboxylic acids is 1. The van der Waals surface area contributed by atoms with Gasteiger partial charge in [-0.3, -0.25) is 4.79 Å². The standard InChI is InChI=1S/C16H20N4O2S/c21-13(17-8-12-9-23-16(18-12)11-6-7-11)2-1-3-14-19-15(20-22-14)10-4-5-10/h9-11H,1-8H2,(H,17,21). The normalized spacial score (nSPS) is 17.4. The van der Waals surface area contributed by atoms with Crippen LogP contribution in [0.15, 0.2) is 9.90 Å². The third-order valence-corrected chi connectivity index (χ3v) is 5.24. The van der Waals surface area contributed by atoms with Crippen LogP contribution >= 0.6 is 11.3 Å². The first-order chi connectivity index (χ1) is 11.3.